The SMILES string of the molecule is CC(c1ccccc1)n1nnc(S(=O)(=O)CC(=O)O)c1N. The van der Waals surface area contributed by atoms with Crippen molar-refractivity contribution in [2.45, 2.75) is 18.0 Å². The maximum Gasteiger partial charge on any atom is 0.319 e. The summed E-state index contributed by atoms with van der Waals surface area (Å²) in [5.41, 5.74) is 6.64. The number of sulfone groups is 1. The van der Waals surface area contributed by atoms with Gasteiger partial charge in [0.25, 0.3) is 0 Å². The van der Waals surface area contributed by atoms with E-state index in [9.17, 15) is 13.2 Å². The van der Waals surface area contributed by atoms with Gasteiger partial charge in [-0.2, -0.15) is 0 Å². The first kappa shape index (κ1) is 15.0. The quantitative estimate of drug-likeness (QED) is 0.814. The molecule has 3 N–H and O–H groups in total. The maximum atomic E-state index is 11.9. The molecule has 1 unspecified atom stereocenters. The number of hydrogen-bond donors (Lipinski definition) is 2. The van der Waals surface area contributed by atoms with Crippen molar-refractivity contribution in [3.8, 4) is 0 Å². The lowest BCUT2D eigenvalue weighted by Gasteiger charge is -2.13. The van der Waals surface area contributed by atoms with Crippen LogP contribution in [0.2, 0.25) is 0 Å². The van der Waals surface area contributed by atoms with Gasteiger partial charge in [0.15, 0.2) is 11.6 Å². The molecular formula is C12H14N4O4S. The highest BCUT2D eigenvalue weighted by Gasteiger charge is 2.28. The van der Waals surface area contributed by atoms with Gasteiger partial charge >= 0.3 is 5.97 Å². The van der Waals surface area contributed by atoms with Crippen molar-refractivity contribution < 1.29 is 18.3 Å². The lowest BCUT2D eigenvalue weighted by molar-refractivity contribution is -0.134. The van der Waals surface area contributed by atoms with Crippen LogP contribution < -0.4 is 5.73 Å². The van der Waals surface area contributed by atoms with Crippen LogP contribution in [0.25, 0.3) is 0 Å². The van der Waals surface area contributed by atoms with Crippen LogP contribution in [0, 0.1) is 0 Å². The first-order valence-corrected chi connectivity index (χ1v) is 7.68. The first-order valence-electron chi connectivity index (χ1n) is 6.03. The van der Waals surface area contributed by atoms with E-state index in [-0.39, 0.29) is 11.9 Å². The Morgan fingerprint density at radius 2 is 2.00 bits per heavy atom. The topological polar surface area (TPSA) is 128 Å². The maximum absolute atomic E-state index is 11.9. The average Bonchev–Trinajstić information content (AvgIpc) is 2.80. The van der Waals surface area contributed by atoms with Gasteiger partial charge in [-0.05, 0) is 12.5 Å². The summed E-state index contributed by atoms with van der Waals surface area (Å²) in [7, 11) is -4.10. The molecule has 0 amide bonds. The third-order valence-electron chi connectivity index (χ3n) is 2.95. The van der Waals surface area contributed by atoms with Gasteiger partial charge in [-0.15, -0.1) is 5.10 Å². The summed E-state index contributed by atoms with van der Waals surface area (Å²) >= 11 is 0. The van der Waals surface area contributed by atoms with E-state index >= 15 is 0 Å². The third-order valence-corrected chi connectivity index (χ3v) is 4.46. The molecule has 0 aliphatic carbocycles. The number of carbonyl (C=O) groups is 1. The second kappa shape index (κ2) is 5.52. The minimum atomic E-state index is -4.10. The molecule has 2 aromatic rings. The highest BCUT2D eigenvalue weighted by atomic mass is 32.2. The molecule has 0 aliphatic rings. The predicted molar refractivity (Wildman–Crippen MR) is 74.4 cm³/mol. The zero-order valence-electron chi connectivity index (χ0n) is 11.2. The van der Waals surface area contributed by atoms with Crippen molar-refractivity contribution >= 4 is 21.6 Å². The molecule has 1 atom stereocenters. The van der Waals surface area contributed by atoms with E-state index < -0.39 is 26.6 Å². The molecule has 0 fully saturated rings. The number of carboxylic acid groups (broad SMARTS) is 1. The van der Waals surface area contributed by atoms with Crippen LogP contribution >= 0.6 is 0 Å². The zero-order valence-corrected chi connectivity index (χ0v) is 12.0. The van der Waals surface area contributed by atoms with Gasteiger partial charge < -0.3 is 10.8 Å². The molecule has 112 valence electrons. The highest BCUT2D eigenvalue weighted by Crippen LogP contribution is 2.24. The van der Waals surface area contributed by atoms with E-state index in [0.717, 1.165) is 5.56 Å². The van der Waals surface area contributed by atoms with E-state index in [4.69, 9.17) is 10.8 Å². The van der Waals surface area contributed by atoms with Crippen molar-refractivity contribution in [1.29, 1.82) is 0 Å². The number of nitrogens with zero attached hydrogens (tertiary/aromatic N) is 3. The Morgan fingerprint density at radius 1 is 1.38 bits per heavy atom. The van der Waals surface area contributed by atoms with E-state index in [2.05, 4.69) is 10.3 Å². The van der Waals surface area contributed by atoms with Gasteiger partial charge in [0.2, 0.25) is 14.9 Å². The Balaban J connectivity index is 2.40. The second-order valence-electron chi connectivity index (χ2n) is 4.46. The molecule has 1 aromatic carbocycles. The van der Waals surface area contributed by atoms with E-state index in [1.54, 1.807) is 6.92 Å². The van der Waals surface area contributed by atoms with E-state index in [0.29, 0.717) is 0 Å². The number of hydrogen-bond acceptors (Lipinski definition) is 6. The van der Waals surface area contributed by atoms with Crippen LogP contribution in [0.5, 0.6) is 0 Å². The van der Waals surface area contributed by atoms with E-state index in [1.807, 2.05) is 30.3 Å². The number of aliphatic carboxylic acids is 1. The number of benzene rings is 1. The molecule has 0 bridgehead atoms. The minimum Gasteiger partial charge on any atom is -0.480 e. The second-order valence-corrected chi connectivity index (χ2v) is 6.37. The lowest BCUT2D eigenvalue weighted by Crippen LogP contribution is -2.18. The summed E-state index contributed by atoms with van der Waals surface area (Å²) in [4.78, 5) is 10.6. The zero-order chi connectivity index (χ0) is 15.6. The molecule has 2 rings (SSSR count). The number of carboxylic acids is 1. The fourth-order valence-corrected chi connectivity index (χ4v) is 2.93. The number of anilines is 1. The Kier molecular flexibility index (Phi) is 3.94. The summed E-state index contributed by atoms with van der Waals surface area (Å²) in [6.45, 7) is 1.79. The fraction of sp³-hybridized carbons (Fsp3) is 0.250. The Hall–Kier alpha value is -2.42. The van der Waals surface area contributed by atoms with Crippen LogP contribution in [-0.2, 0) is 14.6 Å². The van der Waals surface area contributed by atoms with Crippen molar-refractivity contribution in [2.24, 2.45) is 0 Å². The van der Waals surface area contributed by atoms with Gasteiger partial charge in [-0.1, -0.05) is 35.5 Å². The molecule has 21 heavy (non-hydrogen) atoms. The lowest BCUT2D eigenvalue weighted by atomic mass is 10.1. The molecule has 0 saturated heterocycles. The summed E-state index contributed by atoms with van der Waals surface area (Å²) < 4.78 is 25.0. The van der Waals surface area contributed by atoms with Crippen LogP contribution in [0.3, 0.4) is 0 Å². The average molecular weight is 310 g/mol. The van der Waals surface area contributed by atoms with Crippen LogP contribution in [0.4, 0.5) is 5.82 Å². The van der Waals surface area contributed by atoms with Crippen molar-refractivity contribution in [2.75, 3.05) is 11.5 Å². The normalized spacial score (nSPS) is 13.0. The standard InChI is InChI=1S/C12H14N4O4S/c1-8(9-5-3-2-4-6-9)16-11(13)12(14-15-16)21(19,20)7-10(17)18/h2-6,8H,7,13H2,1H3,(H,17,18). The molecular weight excluding hydrogens is 296 g/mol. The van der Waals surface area contributed by atoms with Crippen molar-refractivity contribution in [3.05, 3.63) is 35.9 Å². The smallest absolute Gasteiger partial charge is 0.319 e. The molecule has 0 spiro atoms. The van der Waals surface area contributed by atoms with Gasteiger partial charge in [-0.3, -0.25) is 4.79 Å². The third kappa shape index (κ3) is 3.02. The predicted octanol–water partition coefficient (Wildman–Crippen LogP) is 0.328. The minimum absolute atomic E-state index is 0.174. The molecule has 8 nitrogen and oxygen atoms in total. The van der Waals surface area contributed by atoms with Gasteiger partial charge in [0.05, 0.1) is 6.04 Å². The van der Waals surface area contributed by atoms with Gasteiger partial charge in [0, 0.05) is 0 Å². The molecule has 0 aliphatic heterocycles. The molecule has 1 heterocycles. The van der Waals surface area contributed by atoms with Crippen molar-refractivity contribution in [1.82, 2.24) is 15.0 Å². The van der Waals surface area contributed by atoms with Crippen LogP contribution in [0.15, 0.2) is 35.4 Å². The summed E-state index contributed by atoms with van der Waals surface area (Å²) in [5, 5.41) is 15.4. The first-order chi connectivity index (χ1) is 9.83. The highest BCUT2D eigenvalue weighted by molar-refractivity contribution is 7.92. The molecule has 9 heteroatoms. The monoisotopic (exact) mass is 310 g/mol. The molecule has 0 saturated carbocycles. The van der Waals surface area contributed by atoms with Gasteiger partial charge in [0.1, 0.15) is 0 Å². The number of nitrogen functional groups attached to an aromatic ring is 1. The van der Waals surface area contributed by atoms with Crippen LogP contribution in [-0.4, -0.2) is 40.2 Å². The van der Waals surface area contributed by atoms with Gasteiger partial charge in [-0.25, -0.2) is 13.1 Å². The molecule has 0 radical (unpaired) electrons. The number of aromatic nitrogens is 3. The van der Waals surface area contributed by atoms with E-state index in [1.165, 1.54) is 4.68 Å². The Bertz CT molecular complexity index is 755. The molecule has 1 aromatic heterocycles. The largest absolute Gasteiger partial charge is 0.480 e. The summed E-state index contributed by atoms with van der Waals surface area (Å²) in [5.74, 6) is -2.72. The summed E-state index contributed by atoms with van der Waals surface area (Å²) in [6, 6.07) is 8.88. The Morgan fingerprint density at radius 3 is 2.57 bits per heavy atom. The van der Waals surface area contributed by atoms with Crippen molar-refractivity contribution in [3.63, 3.8) is 0 Å². The number of rotatable bonds is 5. The fourth-order valence-electron chi connectivity index (χ4n) is 1.90. The van der Waals surface area contributed by atoms with Crippen LogP contribution in [0.1, 0.15) is 18.5 Å². The Labute approximate surface area is 121 Å². The summed E-state index contributed by atoms with van der Waals surface area (Å²) in [6.07, 6.45) is 0. The number of nitrogens with two attached hydrogens (primary N) is 1.